The van der Waals surface area contributed by atoms with Crippen LogP contribution in [0.1, 0.15) is 0 Å². The maximum atomic E-state index is 2.43. The number of para-hydroxylation sites is 1. The van der Waals surface area contributed by atoms with E-state index < -0.39 is 0 Å². The summed E-state index contributed by atoms with van der Waals surface area (Å²) in [5.74, 6) is 0. The lowest BCUT2D eigenvalue weighted by Crippen LogP contribution is -2.09. The SMILES string of the molecule is c1ccc2c(-c3ccc(N(c4ccc(-c5ccc6c(c5)c5ccccc5n6-c5cccc6ccccc56)cc4)c4ccc(-c5cccc6ccccc56)cc4)cc3)cccc2c1. The summed E-state index contributed by atoms with van der Waals surface area (Å²) in [4.78, 5) is 2.37. The monoisotopic (exact) mass is 788 g/mol. The van der Waals surface area contributed by atoms with Crippen LogP contribution < -0.4 is 4.90 Å². The summed E-state index contributed by atoms with van der Waals surface area (Å²) >= 11 is 0. The summed E-state index contributed by atoms with van der Waals surface area (Å²) < 4.78 is 2.43. The van der Waals surface area contributed by atoms with Gasteiger partial charge in [-0.3, -0.25) is 0 Å². The molecule has 0 aliphatic heterocycles. The number of benzene rings is 11. The van der Waals surface area contributed by atoms with E-state index in [0.717, 1.165) is 17.1 Å². The van der Waals surface area contributed by atoms with Crippen molar-refractivity contribution in [3.63, 3.8) is 0 Å². The highest BCUT2D eigenvalue weighted by atomic mass is 15.1. The van der Waals surface area contributed by atoms with E-state index in [2.05, 4.69) is 252 Å². The van der Waals surface area contributed by atoms with Crippen molar-refractivity contribution < 1.29 is 0 Å². The van der Waals surface area contributed by atoms with Gasteiger partial charge in [0.05, 0.1) is 16.7 Å². The average Bonchev–Trinajstić information content (AvgIpc) is 3.68. The largest absolute Gasteiger partial charge is 0.311 e. The van der Waals surface area contributed by atoms with E-state index in [0.29, 0.717) is 0 Å². The van der Waals surface area contributed by atoms with Gasteiger partial charge in [0.25, 0.3) is 0 Å². The summed E-state index contributed by atoms with van der Waals surface area (Å²) in [6.07, 6.45) is 0. The number of hydrogen-bond acceptors (Lipinski definition) is 1. The van der Waals surface area contributed by atoms with E-state index in [9.17, 15) is 0 Å². The number of anilines is 3. The number of aromatic nitrogens is 1. The molecule has 290 valence electrons. The minimum Gasteiger partial charge on any atom is -0.311 e. The Bertz CT molecular complexity index is 3480. The van der Waals surface area contributed by atoms with Crippen molar-refractivity contribution >= 4 is 71.2 Å². The molecule has 11 aromatic carbocycles. The molecule has 0 amide bonds. The van der Waals surface area contributed by atoms with Gasteiger partial charge in [0.2, 0.25) is 0 Å². The molecule has 2 nitrogen and oxygen atoms in total. The Morgan fingerprint density at radius 1 is 0.258 bits per heavy atom. The Labute approximate surface area is 360 Å². The van der Waals surface area contributed by atoms with Gasteiger partial charge in [-0.1, -0.05) is 182 Å². The molecule has 0 unspecified atom stereocenters. The third-order valence-electron chi connectivity index (χ3n) is 12.6. The Balaban J connectivity index is 0.943. The molecule has 62 heavy (non-hydrogen) atoms. The van der Waals surface area contributed by atoms with Gasteiger partial charge in [-0.05, 0) is 121 Å². The molecule has 1 aromatic heterocycles. The van der Waals surface area contributed by atoms with Crippen LogP contribution >= 0.6 is 0 Å². The second-order valence-electron chi connectivity index (χ2n) is 16.1. The maximum Gasteiger partial charge on any atom is 0.0541 e. The van der Waals surface area contributed by atoms with Crippen LogP contribution in [0.5, 0.6) is 0 Å². The molecule has 0 atom stereocenters. The summed E-state index contributed by atoms with van der Waals surface area (Å²) in [7, 11) is 0. The first-order valence-electron chi connectivity index (χ1n) is 21.3. The highest BCUT2D eigenvalue weighted by Crippen LogP contribution is 2.41. The lowest BCUT2D eigenvalue weighted by atomic mass is 9.97. The van der Waals surface area contributed by atoms with E-state index >= 15 is 0 Å². The molecule has 0 saturated carbocycles. The van der Waals surface area contributed by atoms with Crippen molar-refractivity contribution in [3.8, 4) is 39.1 Å². The minimum atomic E-state index is 1.10. The molecule has 0 spiro atoms. The minimum absolute atomic E-state index is 1.10. The van der Waals surface area contributed by atoms with Crippen molar-refractivity contribution in [2.24, 2.45) is 0 Å². The molecule has 12 aromatic rings. The van der Waals surface area contributed by atoms with Crippen LogP contribution in [0.2, 0.25) is 0 Å². The third kappa shape index (κ3) is 6.04. The summed E-state index contributed by atoms with van der Waals surface area (Å²) in [5.41, 5.74) is 14.1. The quantitative estimate of drug-likeness (QED) is 0.156. The fourth-order valence-corrected chi connectivity index (χ4v) is 9.60. The fraction of sp³-hybridized carbons (Fsp3) is 0. The summed E-state index contributed by atoms with van der Waals surface area (Å²) in [5, 5.41) is 9.99. The average molecular weight is 789 g/mol. The topological polar surface area (TPSA) is 8.17 Å². The summed E-state index contributed by atoms with van der Waals surface area (Å²) in [6.45, 7) is 0. The van der Waals surface area contributed by atoms with Crippen LogP contribution in [0.25, 0.3) is 93.2 Å². The normalized spacial score (nSPS) is 11.5. The maximum absolute atomic E-state index is 2.43. The third-order valence-corrected chi connectivity index (χ3v) is 12.6. The zero-order valence-electron chi connectivity index (χ0n) is 34.0. The molecule has 0 saturated heterocycles. The van der Waals surface area contributed by atoms with Crippen LogP contribution in [-0.4, -0.2) is 4.57 Å². The zero-order valence-corrected chi connectivity index (χ0v) is 34.0. The summed E-state index contributed by atoms with van der Waals surface area (Å²) in [6, 6.07) is 88.4. The lowest BCUT2D eigenvalue weighted by Gasteiger charge is -2.26. The molecule has 0 aliphatic rings. The highest BCUT2D eigenvalue weighted by Gasteiger charge is 2.17. The molecule has 0 aliphatic carbocycles. The molecule has 0 fully saturated rings. The van der Waals surface area contributed by atoms with Gasteiger partial charge in [-0.25, -0.2) is 0 Å². The zero-order chi connectivity index (χ0) is 41.0. The Morgan fingerprint density at radius 2 is 0.661 bits per heavy atom. The molecular formula is C60H40N2. The predicted octanol–water partition coefficient (Wildman–Crippen LogP) is 16.7. The number of hydrogen-bond donors (Lipinski definition) is 0. The second-order valence-corrected chi connectivity index (χ2v) is 16.1. The van der Waals surface area contributed by atoms with Gasteiger partial charge in [-0.15, -0.1) is 0 Å². The van der Waals surface area contributed by atoms with Crippen molar-refractivity contribution in [3.05, 3.63) is 243 Å². The van der Waals surface area contributed by atoms with Gasteiger partial charge >= 0.3 is 0 Å². The predicted molar refractivity (Wildman–Crippen MR) is 264 cm³/mol. The molecule has 0 bridgehead atoms. The van der Waals surface area contributed by atoms with Crippen LogP contribution in [-0.2, 0) is 0 Å². The first-order valence-corrected chi connectivity index (χ1v) is 21.3. The van der Waals surface area contributed by atoms with E-state index in [-0.39, 0.29) is 0 Å². The van der Waals surface area contributed by atoms with Crippen LogP contribution in [0.15, 0.2) is 243 Å². The standard InChI is InChI=1S/C60H40N2/c1-4-18-51-42(12-1)15-9-22-53(51)45-28-35-49(36-29-45)61(50-37-30-46(31-38-50)54-23-10-16-43-13-2-5-19-52(43)54)48-33-26-41(27-34-48)47-32-39-60-57(40-47)56-21-7-8-24-59(56)62(60)58-25-11-17-44-14-3-6-20-55(44)58/h1-40H. The number of nitrogens with zero attached hydrogens (tertiary/aromatic N) is 2. The first kappa shape index (κ1) is 35.7. The van der Waals surface area contributed by atoms with Crippen LogP contribution in [0.4, 0.5) is 17.1 Å². The van der Waals surface area contributed by atoms with Gasteiger partial charge in [0.1, 0.15) is 0 Å². The van der Waals surface area contributed by atoms with Crippen molar-refractivity contribution in [1.29, 1.82) is 0 Å². The molecule has 1 heterocycles. The van der Waals surface area contributed by atoms with Crippen LogP contribution in [0, 0.1) is 0 Å². The smallest absolute Gasteiger partial charge is 0.0541 e. The lowest BCUT2D eigenvalue weighted by molar-refractivity contribution is 1.20. The van der Waals surface area contributed by atoms with Gasteiger partial charge in [0, 0.05) is 33.2 Å². The van der Waals surface area contributed by atoms with Gasteiger partial charge < -0.3 is 9.47 Å². The Morgan fingerprint density at radius 3 is 1.23 bits per heavy atom. The van der Waals surface area contributed by atoms with E-state index in [1.807, 2.05) is 0 Å². The highest BCUT2D eigenvalue weighted by molar-refractivity contribution is 6.12. The van der Waals surface area contributed by atoms with E-state index in [1.54, 1.807) is 0 Å². The van der Waals surface area contributed by atoms with Crippen molar-refractivity contribution in [2.45, 2.75) is 0 Å². The molecule has 0 radical (unpaired) electrons. The fourth-order valence-electron chi connectivity index (χ4n) is 9.60. The van der Waals surface area contributed by atoms with Crippen molar-refractivity contribution in [2.75, 3.05) is 4.90 Å². The molecular weight excluding hydrogens is 749 g/mol. The second kappa shape index (κ2) is 14.8. The van der Waals surface area contributed by atoms with Gasteiger partial charge in [0.15, 0.2) is 0 Å². The van der Waals surface area contributed by atoms with Crippen LogP contribution in [0.3, 0.4) is 0 Å². The number of fused-ring (bicyclic) bond motifs is 6. The molecule has 12 rings (SSSR count). The molecule has 2 heteroatoms. The van der Waals surface area contributed by atoms with E-state index in [1.165, 1.54) is 93.2 Å². The van der Waals surface area contributed by atoms with Gasteiger partial charge in [-0.2, -0.15) is 0 Å². The van der Waals surface area contributed by atoms with Crippen molar-refractivity contribution in [1.82, 2.24) is 4.57 Å². The first-order chi connectivity index (χ1) is 30.7. The Kier molecular flexibility index (Phi) is 8.53. The Hall–Kier alpha value is -8.20. The number of rotatable bonds is 7. The van der Waals surface area contributed by atoms with E-state index in [4.69, 9.17) is 0 Å². The molecule has 0 N–H and O–H groups in total.